The second-order valence-corrected chi connectivity index (χ2v) is 8.16. The molecule has 0 unspecified atom stereocenters. The third kappa shape index (κ3) is 3.99. The van der Waals surface area contributed by atoms with Gasteiger partial charge in [-0.25, -0.2) is 4.98 Å². The first-order valence-corrected chi connectivity index (χ1v) is 9.81. The number of halogens is 4. The van der Waals surface area contributed by atoms with Crippen LogP contribution in [-0.4, -0.2) is 26.6 Å². The zero-order chi connectivity index (χ0) is 21.7. The predicted molar refractivity (Wildman–Crippen MR) is 106 cm³/mol. The molecule has 0 saturated carbocycles. The number of pyridine rings is 1. The average Bonchev–Trinajstić information content (AvgIpc) is 3.08. The van der Waals surface area contributed by atoms with Gasteiger partial charge < -0.3 is 11.1 Å². The van der Waals surface area contributed by atoms with Gasteiger partial charge in [-0.2, -0.15) is 18.3 Å². The molecule has 0 fully saturated rings. The number of nitrogens with one attached hydrogen (secondary N) is 1. The van der Waals surface area contributed by atoms with Gasteiger partial charge in [0.25, 0.3) is 5.91 Å². The maximum Gasteiger partial charge on any atom is 0.433 e. The molecular formula is C17H15BrF3N5O2S. The normalized spacial score (nSPS) is 11.8. The van der Waals surface area contributed by atoms with Crippen molar-refractivity contribution in [1.29, 1.82) is 0 Å². The molecule has 0 bridgehead atoms. The van der Waals surface area contributed by atoms with Crippen molar-refractivity contribution in [2.45, 2.75) is 33.5 Å². The molecule has 0 atom stereocenters. The highest BCUT2D eigenvalue weighted by Crippen LogP contribution is 2.39. The number of thiophene rings is 1. The smallest absolute Gasteiger partial charge is 0.365 e. The van der Waals surface area contributed by atoms with E-state index < -0.39 is 23.7 Å². The lowest BCUT2D eigenvalue weighted by Gasteiger charge is -2.10. The highest BCUT2D eigenvalue weighted by molar-refractivity contribution is 9.10. The van der Waals surface area contributed by atoms with Crippen molar-refractivity contribution < 1.29 is 22.8 Å². The van der Waals surface area contributed by atoms with Crippen LogP contribution in [-0.2, 0) is 17.5 Å². The largest absolute Gasteiger partial charge is 0.433 e. The number of rotatable bonds is 4. The van der Waals surface area contributed by atoms with Crippen LogP contribution in [0.2, 0.25) is 0 Å². The molecule has 7 nitrogen and oxygen atoms in total. The number of aryl methyl sites for hydroxylation is 2. The van der Waals surface area contributed by atoms with Crippen molar-refractivity contribution in [3.05, 3.63) is 38.1 Å². The molecule has 3 aromatic heterocycles. The van der Waals surface area contributed by atoms with Gasteiger partial charge in [0.2, 0.25) is 5.91 Å². The maximum atomic E-state index is 13.1. The lowest BCUT2D eigenvalue weighted by Crippen LogP contribution is -2.22. The Bertz CT molecular complexity index is 1150. The van der Waals surface area contributed by atoms with Crippen LogP contribution >= 0.6 is 27.3 Å². The van der Waals surface area contributed by atoms with Gasteiger partial charge in [-0.1, -0.05) is 0 Å². The third-order valence-corrected chi connectivity index (χ3v) is 6.47. The lowest BCUT2D eigenvalue weighted by molar-refractivity contribution is -0.141. The molecule has 2 amide bonds. The van der Waals surface area contributed by atoms with Crippen LogP contribution in [0.4, 0.5) is 18.9 Å². The Morgan fingerprint density at radius 3 is 2.48 bits per heavy atom. The van der Waals surface area contributed by atoms with Crippen molar-refractivity contribution >= 4 is 55.0 Å². The molecular weight excluding hydrogens is 475 g/mol. The van der Waals surface area contributed by atoms with E-state index in [1.807, 2.05) is 0 Å². The van der Waals surface area contributed by atoms with Gasteiger partial charge >= 0.3 is 6.18 Å². The Kier molecular flexibility index (Phi) is 5.43. The Hall–Kier alpha value is -2.47. The number of alkyl halides is 3. The third-order valence-electron chi connectivity index (χ3n) is 4.22. The van der Waals surface area contributed by atoms with Crippen LogP contribution in [0.25, 0.3) is 10.2 Å². The van der Waals surface area contributed by atoms with Crippen LogP contribution in [0.3, 0.4) is 0 Å². The molecule has 3 rings (SSSR count). The molecule has 0 aliphatic carbocycles. The van der Waals surface area contributed by atoms with Crippen molar-refractivity contribution in [3.63, 3.8) is 0 Å². The standard InChI is InChI=1S/C17H15BrF3N5O2S/c1-6-4-9(17(19,20)21)23-16-11(6)13(14(29-16)15(22)28)24-10(27)5-26-8(3)12(18)7(2)25-26/h4H,5H2,1-3H3,(H2,22,28)(H,24,27). The van der Waals surface area contributed by atoms with E-state index in [-0.39, 0.29) is 32.9 Å². The number of aromatic nitrogens is 3. The SMILES string of the molecule is Cc1nn(CC(=O)Nc2c(C(N)=O)sc3nc(C(F)(F)F)cc(C)c23)c(C)c1Br. The Balaban J connectivity index is 2.03. The van der Waals surface area contributed by atoms with E-state index >= 15 is 0 Å². The minimum absolute atomic E-state index is 0.0321. The monoisotopic (exact) mass is 489 g/mol. The predicted octanol–water partition coefficient (Wildman–Crippen LogP) is 3.94. The summed E-state index contributed by atoms with van der Waals surface area (Å²) in [4.78, 5) is 27.9. The second-order valence-electron chi connectivity index (χ2n) is 6.36. The lowest BCUT2D eigenvalue weighted by atomic mass is 10.1. The molecule has 0 saturated heterocycles. The van der Waals surface area contributed by atoms with Crippen LogP contribution < -0.4 is 11.1 Å². The molecule has 0 aliphatic rings. The average molecular weight is 490 g/mol. The Morgan fingerprint density at radius 1 is 1.31 bits per heavy atom. The van der Waals surface area contributed by atoms with E-state index in [1.165, 1.54) is 11.6 Å². The summed E-state index contributed by atoms with van der Waals surface area (Å²) >= 11 is 4.08. The van der Waals surface area contributed by atoms with Crippen molar-refractivity contribution in [2.24, 2.45) is 5.73 Å². The van der Waals surface area contributed by atoms with E-state index in [0.717, 1.165) is 16.2 Å². The molecule has 0 aromatic carbocycles. The number of carbonyl (C=O) groups is 2. The summed E-state index contributed by atoms with van der Waals surface area (Å²) in [6.45, 7) is 4.85. The molecule has 0 spiro atoms. The molecule has 0 aliphatic heterocycles. The summed E-state index contributed by atoms with van der Waals surface area (Å²) in [5, 5.41) is 7.08. The highest BCUT2D eigenvalue weighted by Gasteiger charge is 2.34. The molecule has 3 aromatic rings. The van der Waals surface area contributed by atoms with Gasteiger partial charge in [0.15, 0.2) is 0 Å². The highest BCUT2D eigenvalue weighted by atomic mass is 79.9. The zero-order valence-electron chi connectivity index (χ0n) is 15.4. The molecule has 12 heteroatoms. The summed E-state index contributed by atoms with van der Waals surface area (Å²) < 4.78 is 41.4. The fourth-order valence-electron chi connectivity index (χ4n) is 2.86. The van der Waals surface area contributed by atoms with Gasteiger partial charge in [-0.15, -0.1) is 11.3 Å². The number of carbonyl (C=O) groups excluding carboxylic acids is 2. The van der Waals surface area contributed by atoms with Crippen molar-refractivity contribution in [3.8, 4) is 0 Å². The number of anilines is 1. The van der Waals surface area contributed by atoms with Crippen molar-refractivity contribution in [2.75, 3.05) is 5.32 Å². The van der Waals surface area contributed by atoms with Crippen LogP contribution in [0.5, 0.6) is 0 Å². The second kappa shape index (κ2) is 7.41. The number of primary amides is 1. The summed E-state index contributed by atoms with van der Waals surface area (Å²) in [6, 6.07) is 0.869. The number of nitrogens with zero attached hydrogens (tertiary/aromatic N) is 3. The van der Waals surface area contributed by atoms with Gasteiger partial charge in [0.1, 0.15) is 21.9 Å². The van der Waals surface area contributed by atoms with Gasteiger partial charge in [-0.05, 0) is 48.3 Å². The minimum Gasteiger partial charge on any atom is -0.365 e. The number of fused-ring (bicyclic) bond motifs is 1. The number of hydrogen-bond acceptors (Lipinski definition) is 5. The van der Waals surface area contributed by atoms with E-state index in [9.17, 15) is 22.8 Å². The number of hydrogen-bond donors (Lipinski definition) is 2. The van der Waals surface area contributed by atoms with E-state index in [4.69, 9.17) is 5.73 Å². The summed E-state index contributed by atoms with van der Waals surface area (Å²) in [6.07, 6.45) is -4.64. The Labute approximate surface area is 175 Å². The summed E-state index contributed by atoms with van der Waals surface area (Å²) in [5.41, 5.74) is 6.01. The van der Waals surface area contributed by atoms with Crippen LogP contribution in [0.15, 0.2) is 10.5 Å². The molecule has 154 valence electrons. The number of nitrogens with two attached hydrogens (primary N) is 1. The Morgan fingerprint density at radius 2 is 1.97 bits per heavy atom. The van der Waals surface area contributed by atoms with Gasteiger partial charge in [-0.3, -0.25) is 14.3 Å². The molecule has 29 heavy (non-hydrogen) atoms. The van der Waals surface area contributed by atoms with Crippen LogP contribution in [0, 0.1) is 20.8 Å². The number of amides is 2. The molecule has 0 radical (unpaired) electrons. The maximum absolute atomic E-state index is 13.1. The topological polar surface area (TPSA) is 103 Å². The molecule has 3 heterocycles. The first kappa shape index (κ1) is 21.2. The first-order chi connectivity index (χ1) is 13.4. The first-order valence-electron chi connectivity index (χ1n) is 8.20. The quantitative estimate of drug-likeness (QED) is 0.579. The summed E-state index contributed by atoms with van der Waals surface area (Å²) in [5.74, 6) is -1.38. The fraction of sp³-hybridized carbons (Fsp3) is 0.294. The van der Waals surface area contributed by atoms with Gasteiger partial charge in [0, 0.05) is 5.39 Å². The minimum atomic E-state index is -4.64. The van der Waals surface area contributed by atoms with Gasteiger partial charge in [0.05, 0.1) is 21.5 Å². The molecule has 3 N–H and O–H groups in total. The van der Waals surface area contributed by atoms with E-state index in [1.54, 1.807) is 13.8 Å². The fourth-order valence-corrected chi connectivity index (χ4v) is 4.21. The van der Waals surface area contributed by atoms with Crippen molar-refractivity contribution in [1.82, 2.24) is 14.8 Å². The van der Waals surface area contributed by atoms with E-state index in [0.29, 0.717) is 17.0 Å². The zero-order valence-corrected chi connectivity index (χ0v) is 17.8. The summed E-state index contributed by atoms with van der Waals surface area (Å²) in [7, 11) is 0. The van der Waals surface area contributed by atoms with E-state index in [2.05, 4.69) is 31.3 Å². The van der Waals surface area contributed by atoms with Crippen LogP contribution in [0.1, 0.15) is 32.3 Å².